The molecule has 0 bridgehead atoms. The molecule has 0 spiro atoms. The van der Waals surface area contributed by atoms with Crippen LogP contribution in [-0.2, 0) is 14.3 Å². The quantitative estimate of drug-likeness (QED) is 0.772. The van der Waals surface area contributed by atoms with Crippen molar-refractivity contribution in [3.63, 3.8) is 0 Å². The van der Waals surface area contributed by atoms with Gasteiger partial charge in [-0.25, -0.2) is 0 Å². The summed E-state index contributed by atoms with van der Waals surface area (Å²) in [6.07, 6.45) is 5.67. The first-order valence-corrected chi connectivity index (χ1v) is 9.08. The lowest BCUT2D eigenvalue weighted by molar-refractivity contribution is -0.148. The standard InChI is InChI=1S/C18H26N4O3/c1-25-18(24)15-7-5-14(6-8-15)17(23)22-11-3-10-21(12-13-22)16-4-2-9-19-20-16/h2,4,9,14-15H,3,5-8,10-13H2,1H3. The van der Waals surface area contributed by atoms with E-state index in [-0.39, 0.29) is 23.7 Å². The average molecular weight is 346 g/mol. The highest BCUT2D eigenvalue weighted by molar-refractivity contribution is 5.79. The van der Waals surface area contributed by atoms with Crippen molar-refractivity contribution in [3.8, 4) is 0 Å². The van der Waals surface area contributed by atoms with Crippen molar-refractivity contribution in [2.45, 2.75) is 32.1 Å². The van der Waals surface area contributed by atoms with Crippen LogP contribution in [0.2, 0.25) is 0 Å². The van der Waals surface area contributed by atoms with Crippen molar-refractivity contribution in [2.75, 3.05) is 38.2 Å². The number of rotatable bonds is 3. The lowest BCUT2D eigenvalue weighted by Crippen LogP contribution is -2.40. The van der Waals surface area contributed by atoms with Crippen LogP contribution in [-0.4, -0.2) is 60.3 Å². The molecule has 1 aliphatic carbocycles. The Morgan fingerprint density at radius 3 is 2.52 bits per heavy atom. The second kappa shape index (κ2) is 8.27. The van der Waals surface area contributed by atoms with E-state index < -0.39 is 0 Å². The summed E-state index contributed by atoms with van der Waals surface area (Å²) < 4.78 is 4.82. The molecule has 0 aromatic carbocycles. The molecule has 2 aliphatic rings. The van der Waals surface area contributed by atoms with E-state index in [1.807, 2.05) is 17.0 Å². The van der Waals surface area contributed by atoms with Gasteiger partial charge in [0.1, 0.15) is 0 Å². The molecule has 1 aliphatic heterocycles. The Labute approximate surface area is 148 Å². The van der Waals surface area contributed by atoms with E-state index >= 15 is 0 Å². The number of aromatic nitrogens is 2. The first kappa shape index (κ1) is 17.6. The van der Waals surface area contributed by atoms with Crippen molar-refractivity contribution in [2.24, 2.45) is 11.8 Å². The van der Waals surface area contributed by atoms with Crippen LogP contribution < -0.4 is 4.90 Å². The van der Waals surface area contributed by atoms with Gasteiger partial charge in [0.15, 0.2) is 5.82 Å². The van der Waals surface area contributed by atoms with E-state index in [0.29, 0.717) is 6.54 Å². The number of amides is 1. The molecule has 0 N–H and O–H groups in total. The second-order valence-electron chi connectivity index (χ2n) is 6.82. The third kappa shape index (κ3) is 4.27. The third-order valence-electron chi connectivity index (χ3n) is 5.30. The average Bonchev–Trinajstić information content (AvgIpc) is 2.94. The molecule has 1 saturated heterocycles. The first-order valence-electron chi connectivity index (χ1n) is 9.08. The van der Waals surface area contributed by atoms with Crippen molar-refractivity contribution in [1.82, 2.24) is 15.1 Å². The summed E-state index contributed by atoms with van der Waals surface area (Å²) in [5, 5.41) is 8.10. The van der Waals surface area contributed by atoms with Crippen LogP contribution in [0, 0.1) is 11.8 Å². The zero-order valence-electron chi connectivity index (χ0n) is 14.8. The fourth-order valence-electron chi connectivity index (χ4n) is 3.83. The minimum Gasteiger partial charge on any atom is -0.469 e. The maximum atomic E-state index is 12.9. The van der Waals surface area contributed by atoms with Gasteiger partial charge in [0, 0.05) is 38.3 Å². The Morgan fingerprint density at radius 1 is 1.08 bits per heavy atom. The Hall–Kier alpha value is -2.18. The highest BCUT2D eigenvalue weighted by Crippen LogP contribution is 2.31. The van der Waals surface area contributed by atoms with Crippen LogP contribution in [0.25, 0.3) is 0 Å². The lowest BCUT2D eigenvalue weighted by atomic mass is 9.81. The predicted octanol–water partition coefficient (Wildman–Crippen LogP) is 1.49. The number of hydrogen-bond donors (Lipinski definition) is 0. The highest BCUT2D eigenvalue weighted by atomic mass is 16.5. The van der Waals surface area contributed by atoms with Crippen molar-refractivity contribution in [3.05, 3.63) is 18.3 Å². The van der Waals surface area contributed by atoms with Gasteiger partial charge in [0.2, 0.25) is 5.91 Å². The Morgan fingerprint density at radius 2 is 1.84 bits per heavy atom. The van der Waals surface area contributed by atoms with Crippen molar-refractivity contribution >= 4 is 17.7 Å². The molecule has 1 aromatic heterocycles. The van der Waals surface area contributed by atoms with E-state index in [2.05, 4.69) is 15.1 Å². The van der Waals surface area contributed by atoms with Gasteiger partial charge >= 0.3 is 5.97 Å². The van der Waals surface area contributed by atoms with Crippen LogP contribution in [0.1, 0.15) is 32.1 Å². The van der Waals surface area contributed by atoms with Crippen molar-refractivity contribution in [1.29, 1.82) is 0 Å². The summed E-state index contributed by atoms with van der Waals surface area (Å²) >= 11 is 0. The number of esters is 1. The van der Waals surface area contributed by atoms with Crippen LogP contribution in [0.4, 0.5) is 5.82 Å². The van der Waals surface area contributed by atoms with E-state index in [9.17, 15) is 9.59 Å². The Kier molecular flexibility index (Phi) is 5.83. The molecule has 0 unspecified atom stereocenters. The Balaban J connectivity index is 1.53. The molecule has 7 nitrogen and oxygen atoms in total. The molecule has 1 amide bonds. The van der Waals surface area contributed by atoms with E-state index in [1.165, 1.54) is 7.11 Å². The molecule has 2 heterocycles. The van der Waals surface area contributed by atoms with Crippen molar-refractivity contribution < 1.29 is 14.3 Å². The van der Waals surface area contributed by atoms with Gasteiger partial charge in [-0.1, -0.05) is 0 Å². The SMILES string of the molecule is COC(=O)C1CCC(C(=O)N2CCCN(c3cccnn3)CC2)CC1. The van der Waals surface area contributed by atoms with Crippen LogP contribution in [0.3, 0.4) is 0 Å². The van der Waals surface area contributed by atoms with Gasteiger partial charge in [-0.15, -0.1) is 5.10 Å². The normalized spacial score (nSPS) is 24.5. The largest absolute Gasteiger partial charge is 0.469 e. The van der Waals surface area contributed by atoms with E-state index in [4.69, 9.17) is 4.74 Å². The third-order valence-corrected chi connectivity index (χ3v) is 5.30. The summed E-state index contributed by atoms with van der Waals surface area (Å²) in [5.41, 5.74) is 0. The van der Waals surface area contributed by atoms with E-state index in [0.717, 1.165) is 57.6 Å². The minimum absolute atomic E-state index is 0.0367. The molecule has 3 rings (SSSR count). The molecule has 1 aromatic rings. The molecule has 136 valence electrons. The highest BCUT2D eigenvalue weighted by Gasteiger charge is 2.33. The summed E-state index contributed by atoms with van der Waals surface area (Å²) in [6.45, 7) is 3.17. The monoisotopic (exact) mass is 346 g/mol. The molecule has 1 saturated carbocycles. The second-order valence-corrected chi connectivity index (χ2v) is 6.82. The van der Waals surface area contributed by atoms with Gasteiger partial charge in [0.05, 0.1) is 13.0 Å². The molecule has 25 heavy (non-hydrogen) atoms. The van der Waals surface area contributed by atoms with Gasteiger partial charge in [-0.2, -0.15) is 5.10 Å². The molecule has 2 fully saturated rings. The topological polar surface area (TPSA) is 75.6 Å². The number of nitrogens with zero attached hydrogens (tertiary/aromatic N) is 4. The van der Waals surface area contributed by atoms with Crippen LogP contribution >= 0.6 is 0 Å². The van der Waals surface area contributed by atoms with Gasteiger partial charge in [-0.3, -0.25) is 9.59 Å². The summed E-state index contributed by atoms with van der Waals surface area (Å²) in [4.78, 5) is 28.7. The maximum absolute atomic E-state index is 12.9. The lowest BCUT2D eigenvalue weighted by Gasteiger charge is -2.30. The summed E-state index contributed by atoms with van der Waals surface area (Å²) in [6, 6.07) is 3.84. The van der Waals surface area contributed by atoms with Gasteiger partial charge in [-0.05, 0) is 44.2 Å². The molecule has 0 atom stereocenters. The Bertz CT molecular complexity index is 587. The minimum atomic E-state index is -0.139. The molecular weight excluding hydrogens is 320 g/mol. The fourth-order valence-corrected chi connectivity index (χ4v) is 3.83. The number of methoxy groups -OCH3 is 1. The zero-order chi connectivity index (χ0) is 17.6. The molecular formula is C18H26N4O3. The number of hydrogen-bond acceptors (Lipinski definition) is 6. The number of ether oxygens (including phenoxy) is 1. The molecule has 0 radical (unpaired) electrons. The molecule has 7 heteroatoms. The smallest absolute Gasteiger partial charge is 0.308 e. The zero-order valence-corrected chi connectivity index (χ0v) is 14.8. The predicted molar refractivity (Wildman–Crippen MR) is 92.9 cm³/mol. The number of carbonyl (C=O) groups is 2. The number of carbonyl (C=O) groups excluding carboxylic acids is 2. The van der Waals surface area contributed by atoms with E-state index in [1.54, 1.807) is 6.20 Å². The summed E-state index contributed by atoms with van der Waals surface area (Å²) in [7, 11) is 1.43. The summed E-state index contributed by atoms with van der Waals surface area (Å²) in [5.74, 6) is 0.981. The van der Waals surface area contributed by atoms with Crippen LogP contribution in [0.15, 0.2) is 18.3 Å². The van der Waals surface area contributed by atoms with Gasteiger partial charge in [0.25, 0.3) is 0 Å². The maximum Gasteiger partial charge on any atom is 0.308 e. The van der Waals surface area contributed by atoms with Gasteiger partial charge < -0.3 is 14.5 Å². The fraction of sp³-hybridized carbons (Fsp3) is 0.667. The first-order chi connectivity index (χ1) is 12.2. The number of anilines is 1. The van der Waals surface area contributed by atoms with Crippen LogP contribution in [0.5, 0.6) is 0 Å².